The molecule has 0 unspecified atom stereocenters. The third-order valence-electron chi connectivity index (χ3n) is 6.04. The summed E-state index contributed by atoms with van der Waals surface area (Å²) in [6.45, 7) is 7.68. The minimum Gasteiger partial charge on any atom is -0.485 e. The lowest BCUT2D eigenvalue weighted by Gasteiger charge is -2.20. The van der Waals surface area contributed by atoms with Crippen molar-refractivity contribution in [2.45, 2.75) is 38.6 Å². The fraction of sp³-hybridized carbons (Fsp3) is 0.333. The van der Waals surface area contributed by atoms with E-state index >= 15 is 0 Å². The number of benzene rings is 2. The van der Waals surface area contributed by atoms with Crippen molar-refractivity contribution < 1.29 is 27.5 Å². The monoisotopic (exact) mass is 527 g/mol. The van der Waals surface area contributed by atoms with Crippen molar-refractivity contribution >= 4 is 33.1 Å². The lowest BCUT2D eigenvalue weighted by molar-refractivity contribution is -0.114. The van der Waals surface area contributed by atoms with Crippen LogP contribution in [0.5, 0.6) is 5.75 Å². The molecule has 198 valence electrons. The molecule has 1 amide bonds. The van der Waals surface area contributed by atoms with Gasteiger partial charge in [0.25, 0.3) is 10.0 Å². The van der Waals surface area contributed by atoms with Gasteiger partial charge in [-0.2, -0.15) is 0 Å². The number of anilines is 2. The number of amides is 1. The van der Waals surface area contributed by atoms with Crippen LogP contribution in [0.1, 0.15) is 41.6 Å². The predicted octanol–water partition coefficient (Wildman–Crippen LogP) is 4.36. The maximum atomic E-state index is 13.0. The molecule has 0 spiro atoms. The van der Waals surface area contributed by atoms with Crippen molar-refractivity contribution in [1.29, 1.82) is 0 Å². The summed E-state index contributed by atoms with van der Waals surface area (Å²) >= 11 is 0. The van der Waals surface area contributed by atoms with E-state index in [0.29, 0.717) is 29.3 Å². The Morgan fingerprint density at radius 1 is 1.05 bits per heavy atom. The molecule has 0 fully saturated rings. The van der Waals surface area contributed by atoms with Crippen molar-refractivity contribution in [2.75, 3.05) is 37.0 Å². The summed E-state index contributed by atoms with van der Waals surface area (Å²) in [5.41, 5.74) is 3.39. The summed E-state index contributed by atoms with van der Waals surface area (Å²) in [5.74, 6) is 0.0663. The number of sulfonamides is 1. The second-order valence-electron chi connectivity index (χ2n) is 8.84. The van der Waals surface area contributed by atoms with E-state index in [9.17, 15) is 18.0 Å². The van der Waals surface area contributed by atoms with Crippen molar-refractivity contribution in [3.05, 3.63) is 71.5 Å². The first-order valence-corrected chi connectivity index (χ1v) is 13.2. The number of rotatable bonds is 11. The van der Waals surface area contributed by atoms with Crippen molar-refractivity contribution in [3.8, 4) is 5.75 Å². The van der Waals surface area contributed by atoms with E-state index in [0.717, 1.165) is 15.7 Å². The Kier molecular flexibility index (Phi) is 8.77. The Morgan fingerprint density at radius 3 is 2.24 bits per heavy atom. The number of hydrogen-bond acceptors (Lipinski definition) is 6. The SMILES string of the molecule is COC[C@H](C)n1c(C)cc(C(=O)COc2ccc(N(C)S(=O)(=O)c3ccc(NC(C)=O)cc3)cc2)c1C. The lowest BCUT2D eigenvalue weighted by atomic mass is 10.1. The second kappa shape index (κ2) is 11.6. The van der Waals surface area contributed by atoms with Gasteiger partial charge in [-0.25, -0.2) is 8.42 Å². The van der Waals surface area contributed by atoms with Gasteiger partial charge in [0.15, 0.2) is 6.61 Å². The van der Waals surface area contributed by atoms with Crippen LogP contribution >= 0.6 is 0 Å². The van der Waals surface area contributed by atoms with Gasteiger partial charge in [-0.05, 0) is 75.4 Å². The van der Waals surface area contributed by atoms with E-state index in [2.05, 4.69) is 9.88 Å². The summed E-state index contributed by atoms with van der Waals surface area (Å²) in [6, 6.07) is 14.4. The Morgan fingerprint density at radius 2 is 1.68 bits per heavy atom. The Balaban J connectivity index is 1.67. The molecule has 37 heavy (non-hydrogen) atoms. The molecule has 0 aliphatic rings. The molecule has 1 atom stereocenters. The average molecular weight is 528 g/mol. The van der Waals surface area contributed by atoms with E-state index in [4.69, 9.17) is 9.47 Å². The summed E-state index contributed by atoms with van der Waals surface area (Å²) in [6.07, 6.45) is 0. The zero-order valence-electron chi connectivity index (χ0n) is 21.9. The number of methoxy groups -OCH3 is 1. The number of ether oxygens (including phenoxy) is 2. The van der Waals surface area contributed by atoms with Crippen LogP contribution in [0, 0.1) is 13.8 Å². The highest BCUT2D eigenvalue weighted by molar-refractivity contribution is 7.92. The van der Waals surface area contributed by atoms with E-state index in [1.54, 1.807) is 31.4 Å². The Labute approximate surface area is 218 Å². The van der Waals surface area contributed by atoms with Crippen LogP contribution in [0.3, 0.4) is 0 Å². The topological polar surface area (TPSA) is 107 Å². The largest absolute Gasteiger partial charge is 0.485 e. The fourth-order valence-electron chi connectivity index (χ4n) is 4.24. The van der Waals surface area contributed by atoms with Crippen LogP contribution in [0.15, 0.2) is 59.5 Å². The highest BCUT2D eigenvalue weighted by Crippen LogP contribution is 2.26. The number of carbonyl (C=O) groups is 2. The van der Waals surface area contributed by atoms with Gasteiger partial charge in [-0.15, -0.1) is 0 Å². The normalized spacial score (nSPS) is 12.2. The van der Waals surface area contributed by atoms with Crippen LogP contribution in [0.2, 0.25) is 0 Å². The number of Topliss-reactive ketones (excluding diaryl/α,β-unsaturated/α-hetero) is 1. The number of nitrogens with zero attached hydrogens (tertiary/aromatic N) is 2. The van der Waals surface area contributed by atoms with E-state index < -0.39 is 10.0 Å². The predicted molar refractivity (Wildman–Crippen MR) is 143 cm³/mol. The quantitative estimate of drug-likeness (QED) is 0.372. The molecule has 10 heteroatoms. The maximum absolute atomic E-state index is 13.0. The standard InChI is InChI=1S/C27H33N3O6S/c1-18-15-26(20(3)30(18)19(2)16-35-6)27(32)17-36-24-11-9-23(10-12-24)29(5)37(33,34)25-13-7-22(8-14-25)28-21(4)31/h7-15,19H,16-17H2,1-6H3,(H,28,31)/t19-/m0/s1. The van der Waals surface area contributed by atoms with Gasteiger partial charge in [0, 0.05) is 43.7 Å². The van der Waals surface area contributed by atoms with Crippen LogP contribution in [0.25, 0.3) is 0 Å². The first kappa shape index (κ1) is 27.9. The molecule has 9 nitrogen and oxygen atoms in total. The summed E-state index contributed by atoms with van der Waals surface area (Å²) in [5, 5.41) is 2.61. The number of carbonyl (C=O) groups excluding carboxylic acids is 2. The first-order chi connectivity index (χ1) is 17.4. The van der Waals surface area contributed by atoms with Gasteiger partial charge < -0.3 is 19.4 Å². The highest BCUT2D eigenvalue weighted by Gasteiger charge is 2.22. The van der Waals surface area contributed by atoms with Crippen molar-refractivity contribution in [3.63, 3.8) is 0 Å². The van der Waals surface area contributed by atoms with Crippen molar-refractivity contribution in [2.24, 2.45) is 0 Å². The van der Waals surface area contributed by atoms with Gasteiger partial charge in [0.05, 0.1) is 23.2 Å². The molecular formula is C27H33N3O6S. The number of aryl methyl sites for hydroxylation is 1. The molecule has 1 heterocycles. The molecular weight excluding hydrogens is 494 g/mol. The third kappa shape index (κ3) is 6.39. The van der Waals surface area contributed by atoms with Gasteiger partial charge in [-0.3, -0.25) is 13.9 Å². The highest BCUT2D eigenvalue weighted by atomic mass is 32.2. The smallest absolute Gasteiger partial charge is 0.264 e. The second-order valence-corrected chi connectivity index (χ2v) is 10.8. The molecule has 0 saturated carbocycles. The third-order valence-corrected chi connectivity index (χ3v) is 7.84. The molecule has 2 aromatic carbocycles. The fourth-order valence-corrected chi connectivity index (χ4v) is 5.44. The summed E-state index contributed by atoms with van der Waals surface area (Å²) in [4.78, 5) is 24.1. The average Bonchev–Trinajstić information content (AvgIpc) is 3.16. The Bertz CT molecular complexity index is 1360. The number of aromatic nitrogens is 1. The molecule has 0 bridgehead atoms. The number of hydrogen-bond donors (Lipinski definition) is 1. The molecule has 1 aromatic heterocycles. The van der Waals surface area contributed by atoms with Gasteiger partial charge in [0.1, 0.15) is 5.75 Å². The zero-order chi connectivity index (χ0) is 27.3. The maximum Gasteiger partial charge on any atom is 0.264 e. The Hall–Kier alpha value is -3.63. The molecule has 0 radical (unpaired) electrons. The number of nitrogens with one attached hydrogen (secondary N) is 1. The van der Waals surface area contributed by atoms with Crippen molar-refractivity contribution in [1.82, 2.24) is 4.57 Å². The van der Waals surface area contributed by atoms with Crippen LogP contribution in [-0.4, -0.2) is 52.0 Å². The minimum absolute atomic E-state index is 0.0902. The zero-order valence-corrected chi connectivity index (χ0v) is 22.8. The van der Waals surface area contributed by atoms with E-state index in [1.807, 2.05) is 26.8 Å². The van der Waals surface area contributed by atoms with E-state index in [-0.39, 0.29) is 29.2 Å². The number of ketones is 1. The molecule has 0 aliphatic heterocycles. The van der Waals surface area contributed by atoms with E-state index in [1.165, 1.54) is 38.2 Å². The molecule has 0 saturated heterocycles. The summed E-state index contributed by atoms with van der Waals surface area (Å²) in [7, 11) is -0.712. The molecule has 3 rings (SSSR count). The summed E-state index contributed by atoms with van der Waals surface area (Å²) < 4.78 is 40.2. The van der Waals surface area contributed by atoms with Gasteiger partial charge in [0.2, 0.25) is 11.7 Å². The van der Waals surface area contributed by atoms with Crippen LogP contribution in [-0.2, 0) is 19.6 Å². The molecule has 0 aliphatic carbocycles. The first-order valence-electron chi connectivity index (χ1n) is 11.8. The van der Waals surface area contributed by atoms with Crippen LogP contribution in [0.4, 0.5) is 11.4 Å². The van der Waals surface area contributed by atoms with Gasteiger partial charge >= 0.3 is 0 Å². The van der Waals surface area contributed by atoms with Gasteiger partial charge in [-0.1, -0.05) is 0 Å². The van der Waals surface area contributed by atoms with Crippen LogP contribution < -0.4 is 14.4 Å². The molecule has 1 N–H and O–H groups in total. The minimum atomic E-state index is -3.82. The lowest BCUT2D eigenvalue weighted by Crippen LogP contribution is -2.26. The molecule has 3 aromatic rings.